The summed E-state index contributed by atoms with van der Waals surface area (Å²) in [5.74, 6) is -2.30. The van der Waals surface area contributed by atoms with Crippen LogP contribution in [0.4, 0.5) is 19.1 Å². The minimum absolute atomic E-state index is 0.106. The van der Waals surface area contributed by atoms with Gasteiger partial charge in [0.1, 0.15) is 18.5 Å². The van der Waals surface area contributed by atoms with Crippen molar-refractivity contribution in [3.8, 4) is 0 Å². The minimum Gasteiger partial charge on any atom is -0.364 e. The summed E-state index contributed by atoms with van der Waals surface area (Å²) >= 11 is 0. The van der Waals surface area contributed by atoms with E-state index in [-0.39, 0.29) is 19.0 Å². The molecule has 0 saturated carbocycles. The van der Waals surface area contributed by atoms with Crippen LogP contribution in [0.15, 0.2) is 23.2 Å². The summed E-state index contributed by atoms with van der Waals surface area (Å²) < 4.78 is 42.6. The highest BCUT2D eigenvalue weighted by atomic mass is 19.4. The highest BCUT2D eigenvalue weighted by Crippen LogP contribution is 2.22. The molecule has 0 atom stereocenters. The van der Waals surface area contributed by atoms with E-state index in [1.165, 1.54) is 11.2 Å². The third kappa shape index (κ3) is 3.17. The summed E-state index contributed by atoms with van der Waals surface area (Å²) in [6.45, 7) is -1.06. The molecule has 122 valence electrons. The first-order valence-corrected chi connectivity index (χ1v) is 6.44. The maximum Gasteiger partial charge on any atom is 0.406 e. The summed E-state index contributed by atoms with van der Waals surface area (Å²) in [5, 5.41) is 5.76. The molecule has 1 aliphatic rings. The number of amides is 2. The number of alkyl halides is 3. The van der Waals surface area contributed by atoms with Gasteiger partial charge in [-0.3, -0.25) is 14.9 Å². The van der Waals surface area contributed by atoms with E-state index in [0.29, 0.717) is 15.8 Å². The fourth-order valence-electron chi connectivity index (χ4n) is 2.18. The van der Waals surface area contributed by atoms with Crippen LogP contribution in [0.25, 0.3) is 0 Å². The number of carbonyl (C=O) groups excluding carboxylic acids is 2. The number of rotatable bonds is 2. The highest BCUT2D eigenvalue weighted by molar-refractivity contribution is 6.39. The Morgan fingerprint density at radius 3 is 2.83 bits per heavy atom. The molecule has 23 heavy (non-hydrogen) atoms. The van der Waals surface area contributed by atoms with Gasteiger partial charge in [-0.15, -0.1) is 0 Å². The SMILES string of the molecule is O=C(Nc1nccn1CC(F)(F)F)C(=O)N1Cc2conc2C1. The molecule has 0 saturated heterocycles. The average molecular weight is 329 g/mol. The fraction of sp³-hybridized carbons (Fsp3) is 0.333. The Balaban J connectivity index is 1.65. The van der Waals surface area contributed by atoms with Gasteiger partial charge in [0.25, 0.3) is 0 Å². The molecule has 0 aromatic carbocycles. The summed E-state index contributed by atoms with van der Waals surface area (Å²) in [7, 11) is 0. The van der Waals surface area contributed by atoms with Crippen molar-refractivity contribution in [1.29, 1.82) is 0 Å². The van der Waals surface area contributed by atoms with Crippen LogP contribution < -0.4 is 5.32 Å². The van der Waals surface area contributed by atoms with Crippen LogP contribution >= 0.6 is 0 Å². The molecule has 2 aromatic heterocycles. The number of aromatic nitrogens is 3. The number of hydrogen-bond donors (Lipinski definition) is 1. The zero-order valence-corrected chi connectivity index (χ0v) is 11.5. The Labute approximate surface area is 126 Å². The van der Waals surface area contributed by atoms with Crippen LogP contribution in [-0.2, 0) is 29.2 Å². The minimum atomic E-state index is -4.47. The molecular formula is C12H10F3N5O3. The topological polar surface area (TPSA) is 93.3 Å². The lowest BCUT2D eigenvalue weighted by Crippen LogP contribution is -2.37. The van der Waals surface area contributed by atoms with Crippen molar-refractivity contribution in [2.75, 3.05) is 5.32 Å². The van der Waals surface area contributed by atoms with Crippen molar-refractivity contribution >= 4 is 17.8 Å². The second-order valence-electron chi connectivity index (χ2n) is 4.90. The first-order chi connectivity index (χ1) is 10.8. The van der Waals surface area contributed by atoms with Crippen LogP contribution in [0.5, 0.6) is 0 Å². The van der Waals surface area contributed by atoms with E-state index in [0.717, 1.165) is 12.4 Å². The normalized spacial score (nSPS) is 14.0. The van der Waals surface area contributed by atoms with E-state index in [1.807, 2.05) is 0 Å². The molecule has 3 heterocycles. The first kappa shape index (κ1) is 15.1. The molecule has 0 unspecified atom stereocenters. The molecule has 3 rings (SSSR count). The summed E-state index contributed by atoms with van der Waals surface area (Å²) in [6, 6.07) is 0. The molecule has 1 N–H and O–H groups in total. The van der Waals surface area contributed by atoms with Gasteiger partial charge in [0, 0.05) is 18.0 Å². The molecule has 1 aliphatic heterocycles. The molecule has 0 fully saturated rings. The molecule has 11 heteroatoms. The van der Waals surface area contributed by atoms with Gasteiger partial charge in [0.15, 0.2) is 0 Å². The fourth-order valence-corrected chi connectivity index (χ4v) is 2.18. The predicted molar refractivity (Wildman–Crippen MR) is 67.7 cm³/mol. The van der Waals surface area contributed by atoms with Crippen molar-refractivity contribution in [3.63, 3.8) is 0 Å². The summed E-state index contributed by atoms with van der Waals surface area (Å²) in [5.41, 5.74) is 1.23. The predicted octanol–water partition coefficient (Wildman–Crippen LogP) is 0.914. The lowest BCUT2D eigenvalue weighted by molar-refractivity contribution is -0.143. The number of anilines is 1. The van der Waals surface area contributed by atoms with Gasteiger partial charge >= 0.3 is 18.0 Å². The van der Waals surface area contributed by atoms with E-state index in [2.05, 4.69) is 15.5 Å². The zero-order valence-electron chi connectivity index (χ0n) is 11.5. The smallest absolute Gasteiger partial charge is 0.364 e. The Bertz CT molecular complexity index is 731. The molecule has 0 radical (unpaired) electrons. The molecule has 0 bridgehead atoms. The van der Waals surface area contributed by atoms with Crippen molar-refractivity contribution in [1.82, 2.24) is 19.6 Å². The van der Waals surface area contributed by atoms with Crippen molar-refractivity contribution in [3.05, 3.63) is 29.9 Å². The number of halogens is 3. The van der Waals surface area contributed by atoms with E-state index >= 15 is 0 Å². The van der Waals surface area contributed by atoms with E-state index < -0.39 is 24.5 Å². The largest absolute Gasteiger partial charge is 0.406 e. The van der Waals surface area contributed by atoms with Crippen LogP contribution in [-0.4, -0.2) is 37.6 Å². The van der Waals surface area contributed by atoms with Gasteiger partial charge in [-0.25, -0.2) is 4.98 Å². The zero-order chi connectivity index (χ0) is 16.6. The number of hydrogen-bond acceptors (Lipinski definition) is 5. The average Bonchev–Trinajstić information content (AvgIpc) is 3.12. The van der Waals surface area contributed by atoms with E-state index in [1.54, 1.807) is 0 Å². The van der Waals surface area contributed by atoms with Gasteiger partial charge in [-0.05, 0) is 0 Å². The van der Waals surface area contributed by atoms with Crippen LogP contribution in [0.1, 0.15) is 11.3 Å². The lowest BCUT2D eigenvalue weighted by atomic mass is 10.3. The van der Waals surface area contributed by atoms with Crippen molar-refractivity contribution in [2.24, 2.45) is 0 Å². The van der Waals surface area contributed by atoms with Crippen LogP contribution in [0.3, 0.4) is 0 Å². The molecule has 2 aromatic rings. The molecule has 8 nitrogen and oxygen atoms in total. The third-order valence-corrected chi connectivity index (χ3v) is 3.20. The maximum absolute atomic E-state index is 12.4. The molecular weight excluding hydrogens is 319 g/mol. The maximum atomic E-state index is 12.4. The second kappa shape index (κ2) is 5.41. The van der Waals surface area contributed by atoms with Crippen molar-refractivity contribution in [2.45, 2.75) is 25.8 Å². The quantitative estimate of drug-likeness (QED) is 0.827. The van der Waals surface area contributed by atoms with Gasteiger partial charge in [-0.1, -0.05) is 5.16 Å². The lowest BCUT2D eigenvalue weighted by Gasteiger charge is -2.15. The third-order valence-electron chi connectivity index (χ3n) is 3.20. The number of imidazole rings is 1. The van der Waals surface area contributed by atoms with Gasteiger partial charge in [0.05, 0.1) is 13.1 Å². The van der Waals surface area contributed by atoms with E-state index in [9.17, 15) is 22.8 Å². The molecule has 0 spiro atoms. The second-order valence-corrected chi connectivity index (χ2v) is 4.90. The first-order valence-electron chi connectivity index (χ1n) is 6.44. The Kier molecular flexibility index (Phi) is 3.54. The Morgan fingerprint density at radius 2 is 2.13 bits per heavy atom. The Hall–Kier alpha value is -2.85. The van der Waals surface area contributed by atoms with Crippen molar-refractivity contribution < 1.29 is 27.3 Å². The standard InChI is InChI=1S/C12H10F3N5O3/c13-12(14,15)6-19-2-1-16-11(19)17-9(21)10(22)20-3-7-5-23-18-8(7)4-20/h1-2,5H,3-4,6H2,(H,16,17,21). The van der Waals surface area contributed by atoms with Gasteiger partial charge in [0.2, 0.25) is 5.95 Å². The molecule has 2 amide bonds. The van der Waals surface area contributed by atoms with Gasteiger partial charge in [-0.2, -0.15) is 13.2 Å². The molecule has 0 aliphatic carbocycles. The summed E-state index contributed by atoms with van der Waals surface area (Å²) in [4.78, 5) is 28.8. The number of nitrogens with zero attached hydrogens (tertiary/aromatic N) is 4. The van der Waals surface area contributed by atoms with E-state index in [4.69, 9.17) is 4.52 Å². The highest BCUT2D eigenvalue weighted by Gasteiger charge is 2.32. The monoisotopic (exact) mass is 329 g/mol. The number of fused-ring (bicyclic) bond motifs is 1. The summed E-state index contributed by atoms with van der Waals surface area (Å²) in [6.07, 6.45) is -0.939. The number of carbonyl (C=O) groups is 2. The Morgan fingerprint density at radius 1 is 1.35 bits per heavy atom. The van der Waals surface area contributed by atoms with Crippen LogP contribution in [0, 0.1) is 0 Å². The van der Waals surface area contributed by atoms with Gasteiger partial charge < -0.3 is 14.0 Å². The van der Waals surface area contributed by atoms with Crippen LogP contribution in [0.2, 0.25) is 0 Å². The number of nitrogens with one attached hydrogen (secondary N) is 1.